The normalized spacial score (nSPS) is 9.10. The van der Waals surface area contributed by atoms with E-state index in [1.54, 1.807) is 0 Å². The summed E-state index contributed by atoms with van der Waals surface area (Å²) in [6, 6.07) is 0. The third kappa shape index (κ3) is 29.3. The molecule has 0 spiro atoms. The number of hydrogen-bond donors (Lipinski definition) is 0. The molecular formula is C12H22N3O3Rb3. The van der Waals surface area contributed by atoms with Crippen molar-refractivity contribution in [3.05, 3.63) is 16.4 Å². The molecule has 0 aliphatic carbocycles. The summed E-state index contributed by atoms with van der Waals surface area (Å²) in [6.07, 6.45) is 0.431. The number of rotatable bonds is 11. The zero-order valence-electron chi connectivity index (χ0n) is 14.1. The number of carbonyl (C=O) groups excluding carboxylic acids is 2. The Morgan fingerprint density at radius 1 is 1.10 bits per heavy atom. The Bertz CT molecular complexity index is 257. The second kappa shape index (κ2) is 24.3. The largest absolute Gasteiger partial charge is 1.00 e. The number of nitrogens with zero attached hydrogens (tertiary/aromatic N) is 2. The van der Waals surface area contributed by atoms with E-state index in [1.165, 1.54) is 0 Å². The molecule has 9 heteroatoms. The molecule has 0 aromatic rings. The minimum absolute atomic E-state index is 0. The molecular weight excluding hydrogens is 491 g/mol. The standard InChI is InChI=1S/C12H24N3O3.3Rb/c1-10(2)9-14-4-3-6-18-7-5-15-12(17)8-11(13)16;;;/h10H,3-9H2,1-2H3,(H3,13,15,16,17);;;/q-1;3*+1/p-2. The monoisotopic (exact) mass is 511 g/mol. The minimum Gasteiger partial charge on any atom is -0.667 e. The van der Waals surface area contributed by atoms with Crippen LogP contribution in [-0.4, -0.2) is 44.7 Å². The van der Waals surface area contributed by atoms with Gasteiger partial charge in [0.2, 0.25) is 0 Å². The zero-order chi connectivity index (χ0) is 13.8. The molecule has 0 aliphatic rings. The minimum atomic E-state index is -0.906. The first kappa shape index (κ1) is 32.9. The quantitative estimate of drug-likeness (QED) is 0.203. The molecule has 6 nitrogen and oxygen atoms in total. The predicted molar refractivity (Wildman–Crippen MR) is 70.5 cm³/mol. The third-order valence-electron chi connectivity index (χ3n) is 1.93. The van der Waals surface area contributed by atoms with Gasteiger partial charge < -0.3 is 30.7 Å². The Morgan fingerprint density at radius 2 is 1.71 bits per heavy atom. The summed E-state index contributed by atoms with van der Waals surface area (Å²) in [4.78, 5) is 21.2. The van der Waals surface area contributed by atoms with Crippen LogP contribution in [0.2, 0.25) is 0 Å². The van der Waals surface area contributed by atoms with E-state index in [9.17, 15) is 9.59 Å². The van der Waals surface area contributed by atoms with Gasteiger partial charge in [0.1, 0.15) is 0 Å². The van der Waals surface area contributed by atoms with Crippen molar-refractivity contribution in [2.75, 3.05) is 32.8 Å². The van der Waals surface area contributed by atoms with Crippen LogP contribution in [0.1, 0.15) is 26.7 Å². The Morgan fingerprint density at radius 3 is 2.24 bits per heavy atom. The van der Waals surface area contributed by atoms with Crippen LogP contribution in [0.5, 0.6) is 0 Å². The molecule has 0 aromatic carbocycles. The SMILES string of the molecule is CC(C)C[N-]CCCOCC[N-]C(=O)CC([NH-])=O.[Rb+].[Rb+].[Rb+]. The molecule has 21 heavy (non-hydrogen) atoms. The number of carbonyl (C=O) groups is 2. The van der Waals surface area contributed by atoms with Crippen LogP contribution < -0.4 is 175 Å². The molecule has 0 atom stereocenters. The first-order valence-corrected chi connectivity index (χ1v) is 6.18. The van der Waals surface area contributed by atoms with Gasteiger partial charge in [0.25, 0.3) is 0 Å². The maximum absolute atomic E-state index is 10.9. The van der Waals surface area contributed by atoms with E-state index in [0.29, 0.717) is 19.1 Å². The van der Waals surface area contributed by atoms with E-state index in [2.05, 4.69) is 24.5 Å². The maximum atomic E-state index is 10.9. The van der Waals surface area contributed by atoms with Gasteiger partial charge in [-0.05, 0) is 6.42 Å². The average molecular weight is 513 g/mol. The summed E-state index contributed by atoms with van der Waals surface area (Å²) in [5.41, 5.74) is 6.59. The fraction of sp³-hybridized carbons (Fsp3) is 0.833. The second-order valence-electron chi connectivity index (χ2n) is 4.36. The Balaban J connectivity index is -0.000000482. The molecule has 0 aromatic heterocycles. The van der Waals surface area contributed by atoms with Crippen molar-refractivity contribution in [2.24, 2.45) is 5.92 Å². The van der Waals surface area contributed by atoms with Crippen LogP contribution in [0.15, 0.2) is 0 Å². The van der Waals surface area contributed by atoms with Crippen molar-refractivity contribution in [3.8, 4) is 0 Å². The van der Waals surface area contributed by atoms with E-state index in [4.69, 9.17) is 10.5 Å². The first-order chi connectivity index (χ1) is 8.52. The molecule has 106 valence electrons. The number of ether oxygens (including phenoxy) is 1. The van der Waals surface area contributed by atoms with E-state index in [1.807, 2.05) is 0 Å². The van der Waals surface area contributed by atoms with Gasteiger partial charge in [0.05, 0.1) is 11.8 Å². The van der Waals surface area contributed by atoms with Gasteiger partial charge in [-0.2, -0.15) is 0 Å². The fourth-order valence-corrected chi connectivity index (χ4v) is 1.16. The molecule has 0 heterocycles. The van der Waals surface area contributed by atoms with E-state index in [0.717, 1.165) is 19.5 Å². The molecule has 2 amide bonds. The molecule has 0 fully saturated rings. The Hall–Kier alpha value is 4.28. The number of hydrogen-bond acceptors (Lipinski definition) is 3. The molecule has 0 bridgehead atoms. The van der Waals surface area contributed by atoms with Crippen LogP contribution in [0.3, 0.4) is 0 Å². The molecule has 0 radical (unpaired) electrons. The van der Waals surface area contributed by atoms with Gasteiger partial charge in [-0.15, -0.1) is 19.6 Å². The van der Waals surface area contributed by atoms with E-state index < -0.39 is 18.2 Å². The van der Waals surface area contributed by atoms with Crippen molar-refractivity contribution in [3.63, 3.8) is 0 Å². The summed E-state index contributed by atoms with van der Waals surface area (Å²) < 4.78 is 5.26. The molecule has 0 unspecified atom stereocenters. The predicted octanol–water partition coefficient (Wildman–Crippen LogP) is -6.70. The summed E-state index contributed by atoms with van der Waals surface area (Å²) in [7, 11) is 0. The summed E-state index contributed by atoms with van der Waals surface area (Å²) in [5.74, 6) is -0.863. The Kier molecular flexibility index (Phi) is 38.0. The van der Waals surface area contributed by atoms with Crippen molar-refractivity contribution in [2.45, 2.75) is 26.7 Å². The third-order valence-corrected chi connectivity index (χ3v) is 1.93. The Labute approximate surface area is 275 Å². The van der Waals surface area contributed by atoms with Gasteiger partial charge in [-0.1, -0.05) is 19.8 Å². The number of nitrogens with one attached hydrogen (secondary N) is 1. The van der Waals surface area contributed by atoms with Crippen LogP contribution in [0.4, 0.5) is 0 Å². The van der Waals surface area contributed by atoms with Gasteiger partial charge >= 0.3 is 175 Å². The van der Waals surface area contributed by atoms with E-state index >= 15 is 0 Å². The van der Waals surface area contributed by atoms with Gasteiger partial charge in [-0.3, -0.25) is 0 Å². The summed E-state index contributed by atoms with van der Waals surface area (Å²) in [5, 5.41) is 7.93. The van der Waals surface area contributed by atoms with Crippen LogP contribution >= 0.6 is 0 Å². The topological polar surface area (TPSA) is 95.4 Å². The zero-order valence-corrected chi connectivity index (χ0v) is 28.9. The molecule has 0 saturated heterocycles. The fourth-order valence-electron chi connectivity index (χ4n) is 1.16. The first-order valence-electron chi connectivity index (χ1n) is 6.18. The maximum Gasteiger partial charge on any atom is 1.00 e. The van der Waals surface area contributed by atoms with Crippen molar-refractivity contribution < 1.29 is 189 Å². The van der Waals surface area contributed by atoms with Crippen molar-refractivity contribution >= 4 is 11.8 Å². The van der Waals surface area contributed by atoms with Gasteiger partial charge in [0.15, 0.2) is 0 Å². The average Bonchev–Trinajstić information content (AvgIpc) is 2.25. The summed E-state index contributed by atoms with van der Waals surface area (Å²) >= 11 is 0. The molecule has 0 aliphatic heterocycles. The van der Waals surface area contributed by atoms with E-state index in [-0.39, 0.29) is 181 Å². The van der Waals surface area contributed by atoms with Crippen LogP contribution in [-0.2, 0) is 14.3 Å². The van der Waals surface area contributed by atoms with Crippen LogP contribution in [0.25, 0.3) is 16.4 Å². The smallest absolute Gasteiger partial charge is 0.667 e. The summed E-state index contributed by atoms with van der Waals surface area (Å²) in [6.45, 7) is 7.13. The van der Waals surface area contributed by atoms with Gasteiger partial charge in [-0.25, -0.2) is 0 Å². The van der Waals surface area contributed by atoms with Gasteiger partial charge in [0, 0.05) is 19.6 Å². The molecule has 1 N–H and O–H groups in total. The number of amides is 2. The van der Waals surface area contributed by atoms with Crippen molar-refractivity contribution in [1.29, 1.82) is 0 Å². The van der Waals surface area contributed by atoms with Crippen molar-refractivity contribution in [1.82, 2.24) is 0 Å². The molecule has 0 saturated carbocycles. The molecule has 0 rings (SSSR count). The van der Waals surface area contributed by atoms with Crippen LogP contribution in [0, 0.1) is 5.92 Å². The second-order valence-corrected chi connectivity index (χ2v) is 4.36.